The van der Waals surface area contributed by atoms with Crippen molar-refractivity contribution >= 4 is 11.9 Å². The van der Waals surface area contributed by atoms with Crippen molar-refractivity contribution in [2.45, 2.75) is 19.1 Å². The van der Waals surface area contributed by atoms with Gasteiger partial charge in [-0.15, -0.1) is 0 Å². The molecule has 0 radical (unpaired) electrons. The van der Waals surface area contributed by atoms with Gasteiger partial charge in [0.1, 0.15) is 5.75 Å². The molecule has 0 spiro atoms. The van der Waals surface area contributed by atoms with E-state index < -0.39 is 6.10 Å². The van der Waals surface area contributed by atoms with Gasteiger partial charge >= 0.3 is 0 Å². The van der Waals surface area contributed by atoms with E-state index in [-0.39, 0.29) is 12.5 Å². The standard InChI is InChI=1S/C14H16N4O3/c1-18(2)14-16-12(21-17-14)8-15-13(19)11-7-9-5-3-4-6-10(9)20-11/h3-6,11H,7-8H2,1-2H3,(H,15,19)/t11-/m0/s1. The molecule has 7 nitrogen and oxygen atoms in total. The molecule has 110 valence electrons. The van der Waals surface area contributed by atoms with Crippen molar-refractivity contribution in [1.29, 1.82) is 0 Å². The Bertz CT molecular complexity index is 628. The first kappa shape index (κ1) is 13.4. The molecule has 1 aliphatic heterocycles. The number of rotatable bonds is 4. The molecule has 0 saturated heterocycles. The van der Waals surface area contributed by atoms with Gasteiger partial charge in [0.25, 0.3) is 11.9 Å². The molecule has 1 aromatic heterocycles. The topological polar surface area (TPSA) is 80.5 Å². The minimum Gasteiger partial charge on any atom is -0.480 e. The van der Waals surface area contributed by atoms with Crippen molar-refractivity contribution in [1.82, 2.24) is 15.5 Å². The number of aromatic nitrogens is 2. The van der Waals surface area contributed by atoms with Crippen LogP contribution in [0.2, 0.25) is 0 Å². The molecule has 7 heteroatoms. The molecule has 0 saturated carbocycles. The summed E-state index contributed by atoms with van der Waals surface area (Å²) in [5.41, 5.74) is 1.05. The SMILES string of the molecule is CN(C)c1noc(CNC(=O)[C@@H]2Cc3ccccc3O2)n1. The highest BCUT2D eigenvalue weighted by Crippen LogP contribution is 2.28. The summed E-state index contributed by atoms with van der Waals surface area (Å²) >= 11 is 0. The molecule has 0 fully saturated rings. The highest BCUT2D eigenvalue weighted by molar-refractivity contribution is 5.82. The Morgan fingerprint density at radius 2 is 2.24 bits per heavy atom. The molecule has 1 N–H and O–H groups in total. The van der Waals surface area contributed by atoms with Gasteiger partial charge in [0, 0.05) is 20.5 Å². The first-order valence-corrected chi connectivity index (χ1v) is 6.65. The fourth-order valence-corrected chi connectivity index (χ4v) is 2.10. The Kier molecular flexibility index (Phi) is 3.47. The van der Waals surface area contributed by atoms with Crippen molar-refractivity contribution in [3.05, 3.63) is 35.7 Å². The highest BCUT2D eigenvalue weighted by Gasteiger charge is 2.28. The fraction of sp³-hybridized carbons (Fsp3) is 0.357. The molecule has 2 aromatic rings. The van der Waals surface area contributed by atoms with E-state index in [0.717, 1.165) is 11.3 Å². The van der Waals surface area contributed by atoms with Crippen LogP contribution in [-0.2, 0) is 17.8 Å². The van der Waals surface area contributed by atoms with E-state index in [1.54, 1.807) is 4.90 Å². The number of ether oxygens (including phenoxy) is 1. The van der Waals surface area contributed by atoms with Gasteiger partial charge in [0.15, 0.2) is 6.10 Å². The monoisotopic (exact) mass is 288 g/mol. The number of benzene rings is 1. The molecule has 1 aliphatic rings. The van der Waals surface area contributed by atoms with Crippen LogP contribution < -0.4 is 15.0 Å². The lowest BCUT2D eigenvalue weighted by molar-refractivity contribution is -0.127. The predicted octanol–water partition coefficient (Wildman–Crippen LogP) is 0.755. The van der Waals surface area contributed by atoms with E-state index in [1.165, 1.54) is 0 Å². The zero-order valence-corrected chi connectivity index (χ0v) is 11.9. The van der Waals surface area contributed by atoms with E-state index in [4.69, 9.17) is 9.26 Å². The Labute approximate surface area is 121 Å². The van der Waals surface area contributed by atoms with E-state index >= 15 is 0 Å². The predicted molar refractivity (Wildman–Crippen MR) is 75.0 cm³/mol. The van der Waals surface area contributed by atoms with Gasteiger partial charge in [-0.05, 0) is 16.8 Å². The summed E-state index contributed by atoms with van der Waals surface area (Å²) in [7, 11) is 3.63. The lowest BCUT2D eigenvalue weighted by atomic mass is 10.1. The summed E-state index contributed by atoms with van der Waals surface area (Å²) in [5, 5.41) is 6.53. The van der Waals surface area contributed by atoms with E-state index in [0.29, 0.717) is 18.3 Å². The maximum Gasteiger partial charge on any atom is 0.265 e. The van der Waals surface area contributed by atoms with Crippen LogP contribution >= 0.6 is 0 Å². The normalized spacial score (nSPS) is 16.2. The molecule has 0 aliphatic carbocycles. The van der Waals surface area contributed by atoms with Crippen molar-refractivity contribution in [3.8, 4) is 5.75 Å². The second-order valence-electron chi connectivity index (χ2n) is 5.02. The first-order chi connectivity index (χ1) is 10.1. The highest BCUT2D eigenvalue weighted by atomic mass is 16.5. The van der Waals surface area contributed by atoms with Gasteiger partial charge in [-0.3, -0.25) is 4.79 Å². The van der Waals surface area contributed by atoms with Crippen molar-refractivity contribution in [3.63, 3.8) is 0 Å². The molecule has 1 amide bonds. The number of hydrogen-bond acceptors (Lipinski definition) is 6. The smallest absolute Gasteiger partial charge is 0.265 e. The van der Waals surface area contributed by atoms with Crippen LogP contribution in [-0.4, -0.2) is 36.2 Å². The van der Waals surface area contributed by atoms with Crippen LogP contribution in [0, 0.1) is 0 Å². The van der Waals surface area contributed by atoms with Gasteiger partial charge in [-0.25, -0.2) is 0 Å². The average Bonchev–Trinajstić information content (AvgIpc) is 3.11. The van der Waals surface area contributed by atoms with Crippen LogP contribution in [0.4, 0.5) is 5.95 Å². The second-order valence-corrected chi connectivity index (χ2v) is 5.02. The van der Waals surface area contributed by atoms with Crippen LogP contribution in [0.15, 0.2) is 28.8 Å². The molecule has 2 heterocycles. The second kappa shape index (κ2) is 5.43. The Morgan fingerprint density at radius 1 is 1.43 bits per heavy atom. The summed E-state index contributed by atoms with van der Waals surface area (Å²) in [6, 6.07) is 7.65. The van der Waals surface area contributed by atoms with Crippen molar-refractivity contribution in [2.75, 3.05) is 19.0 Å². The molecule has 1 atom stereocenters. The molecular weight excluding hydrogens is 272 g/mol. The number of carbonyl (C=O) groups is 1. The summed E-state index contributed by atoms with van der Waals surface area (Å²) in [5.74, 6) is 1.42. The number of fused-ring (bicyclic) bond motifs is 1. The lowest BCUT2D eigenvalue weighted by Crippen LogP contribution is -2.37. The number of nitrogens with one attached hydrogen (secondary N) is 1. The number of anilines is 1. The van der Waals surface area contributed by atoms with Gasteiger partial charge in [0.05, 0.1) is 6.54 Å². The minimum absolute atomic E-state index is 0.184. The summed E-state index contributed by atoms with van der Waals surface area (Å²) < 4.78 is 10.7. The largest absolute Gasteiger partial charge is 0.480 e. The zero-order valence-electron chi connectivity index (χ0n) is 11.9. The Balaban J connectivity index is 1.55. The third-order valence-corrected chi connectivity index (χ3v) is 3.21. The Morgan fingerprint density at radius 3 is 2.95 bits per heavy atom. The summed E-state index contributed by atoms with van der Waals surface area (Å²) in [4.78, 5) is 18.0. The summed E-state index contributed by atoms with van der Waals surface area (Å²) in [6.45, 7) is 0.190. The molecule has 21 heavy (non-hydrogen) atoms. The number of nitrogens with zero attached hydrogens (tertiary/aromatic N) is 3. The number of hydrogen-bond donors (Lipinski definition) is 1. The van der Waals surface area contributed by atoms with Crippen LogP contribution in [0.25, 0.3) is 0 Å². The van der Waals surface area contributed by atoms with Gasteiger partial charge in [0.2, 0.25) is 5.89 Å². The van der Waals surface area contributed by atoms with Crippen molar-refractivity contribution in [2.24, 2.45) is 0 Å². The van der Waals surface area contributed by atoms with Crippen LogP contribution in [0.3, 0.4) is 0 Å². The molecule has 1 aromatic carbocycles. The van der Waals surface area contributed by atoms with Gasteiger partial charge < -0.3 is 19.5 Å². The molecule has 3 rings (SSSR count). The maximum atomic E-state index is 12.1. The molecular formula is C14H16N4O3. The van der Waals surface area contributed by atoms with E-state index in [2.05, 4.69) is 15.5 Å². The first-order valence-electron chi connectivity index (χ1n) is 6.65. The Hall–Kier alpha value is -2.57. The quantitative estimate of drug-likeness (QED) is 0.894. The number of amides is 1. The van der Waals surface area contributed by atoms with Crippen LogP contribution in [0.1, 0.15) is 11.5 Å². The van der Waals surface area contributed by atoms with Gasteiger partial charge in [-0.1, -0.05) is 18.2 Å². The molecule has 0 bridgehead atoms. The summed E-state index contributed by atoms with van der Waals surface area (Å²) in [6.07, 6.45) is 0.0769. The van der Waals surface area contributed by atoms with E-state index in [9.17, 15) is 4.79 Å². The van der Waals surface area contributed by atoms with Crippen LogP contribution in [0.5, 0.6) is 5.75 Å². The number of para-hydroxylation sites is 1. The molecule has 0 unspecified atom stereocenters. The van der Waals surface area contributed by atoms with Crippen molar-refractivity contribution < 1.29 is 14.1 Å². The fourth-order valence-electron chi connectivity index (χ4n) is 2.10. The number of carbonyl (C=O) groups excluding carboxylic acids is 1. The minimum atomic E-state index is -0.501. The van der Waals surface area contributed by atoms with Gasteiger partial charge in [-0.2, -0.15) is 4.98 Å². The lowest BCUT2D eigenvalue weighted by Gasteiger charge is -2.09. The third kappa shape index (κ3) is 2.81. The average molecular weight is 288 g/mol. The zero-order chi connectivity index (χ0) is 14.8. The third-order valence-electron chi connectivity index (χ3n) is 3.21. The van der Waals surface area contributed by atoms with E-state index in [1.807, 2.05) is 38.4 Å². The maximum absolute atomic E-state index is 12.1.